The van der Waals surface area contributed by atoms with Gasteiger partial charge in [-0.05, 0) is 54.9 Å². The maximum Gasteiger partial charge on any atom is 0.407 e. The third kappa shape index (κ3) is 6.84. The molecule has 0 fully saturated rings. The second kappa shape index (κ2) is 11.4. The lowest BCUT2D eigenvalue weighted by molar-refractivity contribution is -0.138. The molecule has 0 bridgehead atoms. The number of carboxylic acid groups (broad SMARTS) is 1. The number of alkyl carbamates (subject to hydrolysis) is 1. The molecular formula is C28H36N2O5. The average Bonchev–Trinajstić information content (AvgIpc) is 3.14. The van der Waals surface area contributed by atoms with Crippen molar-refractivity contribution in [2.45, 2.75) is 70.9 Å². The highest BCUT2D eigenvalue weighted by molar-refractivity contribution is 5.86. The van der Waals surface area contributed by atoms with Crippen LogP contribution >= 0.6 is 0 Å². The zero-order valence-electron chi connectivity index (χ0n) is 21.0. The predicted molar refractivity (Wildman–Crippen MR) is 135 cm³/mol. The van der Waals surface area contributed by atoms with E-state index in [1.165, 1.54) is 0 Å². The first kappa shape index (κ1) is 26.3. The van der Waals surface area contributed by atoms with E-state index in [1.54, 1.807) is 13.8 Å². The number of hydrogen-bond donors (Lipinski definition) is 3. The van der Waals surface area contributed by atoms with Crippen molar-refractivity contribution in [1.82, 2.24) is 10.6 Å². The van der Waals surface area contributed by atoms with Crippen molar-refractivity contribution in [3.8, 4) is 11.1 Å². The number of carbonyl (C=O) groups excluding carboxylic acids is 2. The fourth-order valence-electron chi connectivity index (χ4n) is 4.49. The summed E-state index contributed by atoms with van der Waals surface area (Å²) in [6, 6.07) is 15.5. The van der Waals surface area contributed by atoms with E-state index >= 15 is 0 Å². The number of fused-ring (bicyclic) bond motifs is 3. The van der Waals surface area contributed by atoms with Gasteiger partial charge in [-0.25, -0.2) is 4.79 Å². The lowest BCUT2D eigenvalue weighted by Crippen LogP contribution is -2.54. The van der Waals surface area contributed by atoms with Gasteiger partial charge in [0.2, 0.25) is 5.91 Å². The monoisotopic (exact) mass is 480 g/mol. The molecule has 35 heavy (non-hydrogen) atoms. The van der Waals surface area contributed by atoms with E-state index in [0.717, 1.165) is 28.7 Å². The number of aliphatic carboxylic acids is 1. The smallest absolute Gasteiger partial charge is 0.407 e. The topological polar surface area (TPSA) is 105 Å². The maximum absolute atomic E-state index is 13.0. The van der Waals surface area contributed by atoms with E-state index in [-0.39, 0.29) is 37.2 Å². The summed E-state index contributed by atoms with van der Waals surface area (Å²) in [5, 5.41) is 14.6. The fraction of sp³-hybridized carbons (Fsp3) is 0.464. The predicted octanol–water partition coefficient (Wildman–Crippen LogP) is 5.09. The largest absolute Gasteiger partial charge is 0.481 e. The number of carbonyl (C=O) groups is 3. The number of nitrogens with one attached hydrogen (secondary N) is 2. The van der Waals surface area contributed by atoms with E-state index in [0.29, 0.717) is 6.42 Å². The van der Waals surface area contributed by atoms with Gasteiger partial charge in [0.1, 0.15) is 12.6 Å². The van der Waals surface area contributed by atoms with Gasteiger partial charge in [0.05, 0.1) is 0 Å². The number of hydrogen-bond acceptors (Lipinski definition) is 4. The molecule has 0 spiro atoms. The highest BCUT2D eigenvalue weighted by atomic mass is 16.5. The number of ether oxygens (including phenoxy) is 1. The third-order valence-corrected chi connectivity index (χ3v) is 6.71. The van der Waals surface area contributed by atoms with Crippen molar-refractivity contribution in [3.05, 3.63) is 59.7 Å². The Morgan fingerprint density at radius 3 is 2.14 bits per heavy atom. The lowest BCUT2D eigenvalue weighted by atomic mass is 9.95. The average molecular weight is 481 g/mol. The molecule has 2 amide bonds. The number of carboxylic acids is 1. The molecule has 7 nitrogen and oxygen atoms in total. The number of benzene rings is 2. The van der Waals surface area contributed by atoms with Crippen molar-refractivity contribution >= 4 is 18.0 Å². The molecule has 0 heterocycles. The van der Waals surface area contributed by atoms with Crippen LogP contribution in [0.2, 0.25) is 0 Å². The third-order valence-electron chi connectivity index (χ3n) is 6.71. The molecule has 1 aliphatic rings. The standard InChI is InChI=1S/C28H36N2O5/c1-5-18(2)16-24(26(33)30-28(3,4)15-14-25(31)32)29-27(34)35-17-23-21-12-8-6-10-19(21)20-11-7-9-13-22(20)23/h6-13,18,23-24H,5,14-17H2,1-4H3,(H,29,34)(H,30,33)(H,31,32). The van der Waals surface area contributed by atoms with E-state index in [4.69, 9.17) is 9.84 Å². The SMILES string of the molecule is CCC(C)CC(NC(=O)OCC1c2ccccc2-c2ccccc21)C(=O)NC(C)(C)CCC(=O)O. The number of amides is 2. The molecule has 2 atom stereocenters. The molecule has 2 unspecified atom stereocenters. The summed E-state index contributed by atoms with van der Waals surface area (Å²) in [5.74, 6) is -1.11. The van der Waals surface area contributed by atoms with Crippen LogP contribution in [0.25, 0.3) is 11.1 Å². The zero-order chi connectivity index (χ0) is 25.6. The molecule has 0 saturated carbocycles. The molecule has 2 aromatic carbocycles. The summed E-state index contributed by atoms with van der Waals surface area (Å²) >= 11 is 0. The van der Waals surface area contributed by atoms with E-state index in [9.17, 15) is 14.4 Å². The highest BCUT2D eigenvalue weighted by Crippen LogP contribution is 2.44. The molecule has 1 aliphatic carbocycles. The van der Waals surface area contributed by atoms with Crippen molar-refractivity contribution in [1.29, 1.82) is 0 Å². The Kier molecular flexibility index (Phi) is 8.54. The lowest BCUT2D eigenvalue weighted by Gasteiger charge is -2.29. The molecule has 0 radical (unpaired) electrons. The fourth-order valence-corrected chi connectivity index (χ4v) is 4.49. The highest BCUT2D eigenvalue weighted by Gasteiger charge is 2.31. The Labute approximate surface area is 207 Å². The quantitative estimate of drug-likeness (QED) is 0.416. The van der Waals surface area contributed by atoms with Gasteiger partial charge in [-0.15, -0.1) is 0 Å². The molecule has 2 aromatic rings. The maximum atomic E-state index is 13.0. The van der Waals surface area contributed by atoms with Gasteiger partial charge in [0.25, 0.3) is 0 Å². The summed E-state index contributed by atoms with van der Waals surface area (Å²) in [6.07, 6.45) is 0.914. The van der Waals surface area contributed by atoms with Crippen molar-refractivity contribution in [2.24, 2.45) is 5.92 Å². The zero-order valence-corrected chi connectivity index (χ0v) is 21.0. The van der Waals surface area contributed by atoms with Crippen LogP contribution in [0.15, 0.2) is 48.5 Å². The van der Waals surface area contributed by atoms with Crippen LogP contribution in [0.1, 0.15) is 70.4 Å². The van der Waals surface area contributed by atoms with Crippen LogP contribution in [-0.2, 0) is 14.3 Å². The summed E-state index contributed by atoms with van der Waals surface area (Å²) in [5.41, 5.74) is 3.82. The second-order valence-electron chi connectivity index (χ2n) is 10.0. The molecule has 0 saturated heterocycles. The van der Waals surface area contributed by atoms with Crippen LogP contribution in [0.4, 0.5) is 4.79 Å². The molecular weight excluding hydrogens is 444 g/mol. The van der Waals surface area contributed by atoms with Crippen LogP contribution in [0.5, 0.6) is 0 Å². The first-order valence-corrected chi connectivity index (χ1v) is 12.3. The minimum Gasteiger partial charge on any atom is -0.481 e. The van der Waals surface area contributed by atoms with Crippen molar-refractivity contribution in [3.63, 3.8) is 0 Å². The van der Waals surface area contributed by atoms with Gasteiger partial charge in [-0.1, -0.05) is 68.8 Å². The molecule has 0 aromatic heterocycles. The minimum atomic E-state index is -0.916. The Bertz CT molecular complexity index is 1020. The molecule has 7 heteroatoms. The summed E-state index contributed by atoms with van der Waals surface area (Å²) in [4.78, 5) is 36.8. The molecule has 0 aliphatic heterocycles. The van der Waals surface area contributed by atoms with Gasteiger partial charge >= 0.3 is 12.1 Å². The van der Waals surface area contributed by atoms with Gasteiger partial charge in [-0.3, -0.25) is 9.59 Å². The molecule has 3 rings (SSSR count). The van der Waals surface area contributed by atoms with Gasteiger partial charge in [0, 0.05) is 17.9 Å². The van der Waals surface area contributed by atoms with Crippen molar-refractivity contribution in [2.75, 3.05) is 6.61 Å². The summed E-state index contributed by atoms with van der Waals surface area (Å²) in [6.45, 7) is 7.78. The summed E-state index contributed by atoms with van der Waals surface area (Å²) in [7, 11) is 0. The Morgan fingerprint density at radius 2 is 1.60 bits per heavy atom. The Hall–Kier alpha value is -3.35. The Balaban J connectivity index is 1.66. The van der Waals surface area contributed by atoms with E-state index < -0.39 is 23.6 Å². The molecule has 3 N–H and O–H groups in total. The van der Waals surface area contributed by atoms with E-state index in [2.05, 4.69) is 34.9 Å². The van der Waals surface area contributed by atoms with Crippen LogP contribution in [0.3, 0.4) is 0 Å². The van der Waals surface area contributed by atoms with Gasteiger partial charge in [0.15, 0.2) is 0 Å². The minimum absolute atomic E-state index is 0.0525. The van der Waals surface area contributed by atoms with Gasteiger partial charge in [-0.2, -0.15) is 0 Å². The molecule has 188 valence electrons. The summed E-state index contributed by atoms with van der Waals surface area (Å²) < 4.78 is 5.64. The van der Waals surface area contributed by atoms with Crippen LogP contribution in [0, 0.1) is 5.92 Å². The normalized spacial score (nSPS) is 14.4. The van der Waals surface area contributed by atoms with Crippen LogP contribution in [-0.4, -0.2) is 41.3 Å². The second-order valence-corrected chi connectivity index (χ2v) is 10.0. The van der Waals surface area contributed by atoms with Crippen LogP contribution < -0.4 is 10.6 Å². The van der Waals surface area contributed by atoms with E-state index in [1.807, 2.05) is 38.1 Å². The first-order valence-electron chi connectivity index (χ1n) is 12.3. The Morgan fingerprint density at radius 1 is 1.03 bits per heavy atom. The first-order chi connectivity index (χ1) is 16.6. The van der Waals surface area contributed by atoms with Crippen molar-refractivity contribution < 1.29 is 24.2 Å². The number of rotatable bonds is 11. The van der Waals surface area contributed by atoms with Gasteiger partial charge < -0.3 is 20.5 Å².